The number of nitro groups is 1. The second kappa shape index (κ2) is 9.29. The SMILES string of the molecule is Cc1ccc(C(=O)C2=C(O)C(=O)N(C3=NC(c4ccc(Cl)cc4)CS3)C2c2cccc([N+](=O)[O-])c2)o1. The molecular formula is C25H18ClN3O6S. The Morgan fingerprint density at radius 1 is 1.19 bits per heavy atom. The van der Waals surface area contributed by atoms with Gasteiger partial charge >= 0.3 is 0 Å². The number of nitrogens with zero attached hydrogens (tertiary/aromatic N) is 3. The molecule has 0 radical (unpaired) electrons. The number of ketones is 1. The third-order valence-electron chi connectivity index (χ3n) is 5.91. The van der Waals surface area contributed by atoms with Gasteiger partial charge in [0.2, 0.25) is 5.78 Å². The number of carbonyl (C=O) groups is 2. The highest BCUT2D eigenvalue weighted by molar-refractivity contribution is 8.14. The van der Waals surface area contributed by atoms with Crippen molar-refractivity contribution in [3.63, 3.8) is 0 Å². The normalized spacial score (nSPS) is 19.7. The molecule has 0 spiro atoms. The molecule has 5 rings (SSSR count). The molecule has 2 aliphatic heterocycles. The summed E-state index contributed by atoms with van der Waals surface area (Å²) in [6.45, 7) is 1.66. The smallest absolute Gasteiger partial charge is 0.296 e. The topological polar surface area (TPSA) is 126 Å². The van der Waals surface area contributed by atoms with Gasteiger partial charge < -0.3 is 9.52 Å². The van der Waals surface area contributed by atoms with Crippen molar-refractivity contribution >= 4 is 45.9 Å². The lowest BCUT2D eigenvalue weighted by molar-refractivity contribution is -0.384. The molecule has 0 saturated heterocycles. The molecule has 2 atom stereocenters. The van der Waals surface area contributed by atoms with Gasteiger partial charge in [0.1, 0.15) is 5.76 Å². The number of aryl methyl sites for hydroxylation is 1. The molecule has 2 aromatic carbocycles. The van der Waals surface area contributed by atoms with Crippen LogP contribution in [-0.2, 0) is 4.79 Å². The van der Waals surface area contributed by atoms with Crippen LogP contribution in [0, 0.1) is 17.0 Å². The van der Waals surface area contributed by atoms with Crippen LogP contribution < -0.4 is 0 Å². The van der Waals surface area contributed by atoms with Gasteiger partial charge in [0.15, 0.2) is 16.7 Å². The number of non-ortho nitro benzene ring substituents is 1. The molecular weight excluding hydrogens is 506 g/mol. The van der Waals surface area contributed by atoms with Gasteiger partial charge in [0.25, 0.3) is 11.6 Å². The van der Waals surface area contributed by atoms with Gasteiger partial charge in [0.05, 0.1) is 22.6 Å². The van der Waals surface area contributed by atoms with Crippen molar-refractivity contribution in [3.8, 4) is 0 Å². The number of thioether (sulfide) groups is 1. The van der Waals surface area contributed by atoms with Crippen LogP contribution in [-0.4, -0.2) is 37.5 Å². The number of amidine groups is 1. The monoisotopic (exact) mass is 523 g/mol. The molecule has 2 unspecified atom stereocenters. The fraction of sp³-hybridized carbons (Fsp3) is 0.160. The lowest BCUT2D eigenvalue weighted by atomic mass is 9.95. The molecule has 1 aromatic heterocycles. The number of carbonyl (C=O) groups excluding carboxylic acids is 2. The summed E-state index contributed by atoms with van der Waals surface area (Å²) < 4.78 is 5.45. The number of rotatable bonds is 5. The molecule has 0 bridgehead atoms. The standard InChI is InChI=1S/C25H18ClN3O6S/c1-13-5-10-19(35-13)22(30)20-21(15-3-2-4-17(11-15)29(33)34)28(24(32)23(20)31)25-27-18(12-36-25)14-6-8-16(26)9-7-14/h2-11,18,21,31H,12H2,1H3. The minimum absolute atomic E-state index is 0.0563. The summed E-state index contributed by atoms with van der Waals surface area (Å²) in [5.74, 6) is -1.31. The summed E-state index contributed by atoms with van der Waals surface area (Å²) in [6, 6.07) is 14.4. The fourth-order valence-corrected chi connectivity index (χ4v) is 5.43. The van der Waals surface area contributed by atoms with E-state index in [2.05, 4.69) is 0 Å². The van der Waals surface area contributed by atoms with Crippen LogP contribution in [0.4, 0.5) is 5.69 Å². The number of hydrogen-bond acceptors (Lipinski definition) is 8. The zero-order valence-electron chi connectivity index (χ0n) is 18.8. The van der Waals surface area contributed by atoms with Crippen LogP contribution in [0.15, 0.2) is 81.4 Å². The average molecular weight is 524 g/mol. The first-order chi connectivity index (χ1) is 17.2. The van der Waals surface area contributed by atoms with E-state index in [-0.39, 0.29) is 28.6 Å². The Morgan fingerprint density at radius 3 is 2.61 bits per heavy atom. The molecule has 36 heavy (non-hydrogen) atoms. The first-order valence-corrected chi connectivity index (χ1v) is 12.2. The van der Waals surface area contributed by atoms with E-state index in [1.54, 1.807) is 31.2 Å². The number of hydrogen-bond donors (Lipinski definition) is 1. The minimum atomic E-state index is -1.13. The second-order valence-electron chi connectivity index (χ2n) is 8.22. The van der Waals surface area contributed by atoms with Crippen LogP contribution in [0.3, 0.4) is 0 Å². The van der Waals surface area contributed by atoms with Crippen LogP contribution in [0.2, 0.25) is 5.02 Å². The van der Waals surface area contributed by atoms with Gasteiger partial charge in [0, 0.05) is 22.9 Å². The van der Waals surface area contributed by atoms with Crippen molar-refractivity contribution in [2.24, 2.45) is 4.99 Å². The summed E-state index contributed by atoms with van der Waals surface area (Å²) in [5, 5.41) is 23.2. The number of amides is 1. The third-order valence-corrected chi connectivity index (χ3v) is 7.21. The van der Waals surface area contributed by atoms with E-state index in [4.69, 9.17) is 21.0 Å². The predicted octanol–water partition coefficient (Wildman–Crippen LogP) is 5.57. The average Bonchev–Trinajstić information content (AvgIpc) is 3.58. The van der Waals surface area contributed by atoms with E-state index >= 15 is 0 Å². The highest BCUT2D eigenvalue weighted by atomic mass is 35.5. The lowest BCUT2D eigenvalue weighted by Crippen LogP contribution is -2.34. The summed E-state index contributed by atoms with van der Waals surface area (Å²) in [6.07, 6.45) is 0. The Morgan fingerprint density at radius 2 is 1.94 bits per heavy atom. The first kappa shape index (κ1) is 23.8. The van der Waals surface area contributed by atoms with Crippen LogP contribution >= 0.6 is 23.4 Å². The molecule has 0 fully saturated rings. The van der Waals surface area contributed by atoms with E-state index in [1.807, 2.05) is 12.1 Å². The van der Waals surface area contributed by atoms with E-state index in [0.29, 0.717) is 21.7 Å². The molecule has 3 heterocycles. The maximum Gasteiger partial charge on any atom is 0.296 e. The maximum atomic E-state index is 13.4. The van der Waals surface area contributed by atoms with Crippen molar-refractivity contribution in [1.82, 2.24) is 4.90 Å². The van der Waals surface area contributed by atoms with E-state index in [1.165, 1.54) is 40.9 Å². The van der Waals surface area contributed by atoms with Crippen LogP contribution in [0.5, 0.6) is 0 Å². The number of Topliss-reactive ketones (excluding diaryl/α,β-unsaturated/α-hetero) is 1. The Labute approximate surface area is 214 Å². The van der Waals surface area contributed by atoms with Crippen LogP contribution in [0.25, 0.3) is 0 Å². The molecule has 9 nitrogen and oxygen atoms in total. The number of aliphatic imine (C=N–C) groups is 1. The molecule has 1 amide bonds. The number of aliphatic hydroxyl groups excluding tert-OH is 1. The van der Waals surface area contributed by atoms with Crippen molar-refractivity contribution in [1.29, 1.82) is 0 Å². The largest absolute Gasteiger partial charge is 0.503 e. The molecule has 0 saturated carbocycles. The third kappa shape index (κ3) is 4.18. The summed E-state index contributed by atoms with van der Waals surface area (Å²) in [5.41, 5.74) is 0.728. The van der Waals surface area contributed by atoms with Crippen molar-refractivity contribution < 1.29 is 24.0 Å². The summed E-state index contributed by atoms with van der Waals surface area (Å²) in [7, 11) is 0. The predicted molar refractivity (Wildman–Crippen MR) is 134 cm³/mol. The second-order valence-corrected chi connectivity index (χ2v) is 9.65. The fourth-order valence-electron chi connectivity index (χ4n) is 4.20. The van der Waals surface area contributed by atoms with Crippen LogP contribution in [0.1, 0.15) is 39.5 Å². The molecule has 11 heteroatoms. The van der Waals surface area contributed by atoms with Gasteiger partial charge in [-0.2, -0.15) is 0 Å². The Hall–Kier alpha value is -3.89. The highest BCUT2D eigenvalue weighted by Gasteiger charge is 2.48. The van der Waals surface area contributed by atoms with Gasteiger partial charge in [-0.1, -0.05) is 47.6 Å². The molecule has 0 aliphatic carbocycles. The number of halogens is 1. The summed E-state index contributed by atoms with van der Waals surface area (Å²) >= 11 is 7.28. The van der Waals surface area contributed by atoms with E-state index in [9.17, 15) is 24.8 Å². The number of nitro benzene ring substituents is 1. The van der Waals surface area contributed by atoms with Gasteiger partial charge in [-0.3, -0.25) is 29.6 Å². The number of furan rings is 1. The van der Waals surface area contributed by atoms with Crippen molar-refractivity contribution in [2.45, 2.75) is 19.0 Å². The number of aliphatic hydroxyl groups is 1. The maximum absolute atomic E-state index is 13.4. The van der Waals surface area contributed by atoms with E-state index < -0.39 is 28.4 Å². The zero-order valence-corrected chi connectivity index (χ0v) is 20.3. The quantitative estimate of drug-likeness (QED) is 0.263. The molecule has 1 N–H and O–H groups in total. The Bertz CT molecular complexity index is 1460. The molecule has 182 valence electrons. The van der Waals surface area contributed by atoms with Gasteiger partial charge in [-0.25, -0.2) is 0 Å². The Kier molecular flexibility index (Phi) is 6.15. The Balaban J connectivity index is 1.60. The summed E-state index contributed by atoms with van der Waals surface area (Å²) in [4.78, 5) is 43.5. The first-order valence-electron chi connectivity index (χ1n) is 10.8. The zero-order chi connectivity index (χ0) is 25.6. The van der Waals surface area contributed by atoms with Crippen molar-refractivity contribution in [2.75, 3.05) is 5.75 Å². The number of benzene rings is 2. The van der Waals surface area contributed by atoms with Crippen molar-refractivity contribution in [3.05, 3.63) is 110 Å². The van der Waals surface area contributed by atoms with Gasteiger partial charge in [-0.05, 0) is 42.3 Å². The minimum Gasteiger partial charge on any atom is -0.503 e. The molecule has 2 aliphatic rings. The lowest BCUT2D eigenvalue weighted by Gasteiger charge is -2.25. The highest BCUT2D eigenvalue weighted by Crippen LogP contribution is 2.44. The molecule has 3 aromatic rings. The van der Waals surface area contributed by atoms with E-state index in [0.717, 1.165) is 5.56 Å². The van der Waals surface area contributed by atoms with Gasteiger partial charge in [-0.15, -0.1) is 0 Å².